The molecule has 0 aliphatic heterocycles. The molecule has 0 amide bonds. The molecular formula is C17H14FN3S. The highest BCUT2D eigenvalue weighted by atomic mass is 32.1. The Morgan fingerprint density at radius 3 is 2.77 bits per heavy atom. The Balaban J connectivity index is 1.71. The number of nitrogens with one attached hydrogen (secondary N) is 1. The molecule has 3 aromatic rings. The van der Waals surface area contributed by atoms with E-state index in [1.807, 2.05) is 41.8 Å². The Labute approximate surface area is 132 Å². The van der Waals surface area contributed by atoms with Gasteiger partial charge in [-0.05, 0) is 18.6 Å². The number of hydrogen-bond acceptors (Lipinski definition) is 4. The summed E-state index contributed by atoms with van der Waals surface area (Å²) in [6.45, 7) is 1.73. The highest BCUT2D eigenvalue weighted by Gasteiger charge is 2.03. The number of rotatable bonds is 4. The molecule has 0 saturated carbocycles. The molecule has 3 rings (SSSR count). The number of benzene rings is 2. The van der Waals surface area contributed by atoms with Crippen LogP contribution in [0.1, 0.15) is 11.1 Å². The second-order valence-electron chi connectivity index (χ2n) is 4.73. The molecule has 0 unspecified atom stereocenters. The Morgan fingerprint density at radius 2 is 1.95 bits per heavy atom. The van der Waals surface area contributed by atoms with Crippen LogP contribution in [0.3, 0.4) is 0 Å². The molecule has 0 aliphatic carbocycles. The van der Waals surface area contributed by atoms with E-state index in [0.29, 0.717) is 10.7 Å². The molecule has 0 radical (unpaired) electrons. The molecule has 1 aromatic heterocycles. The molecule has 0 spiro atoms. The quantitative estimate of drug-likeness (QED) is 0.560. The van der Waals surface area contributed by atoms with Crippen LogP contribution in [-0.2, 0) is 0 Å². The highest BCUT2D eigenvalue weighted by Crippen LogP contribution is 2.24. The Hall–Kier alpha value is -2.53. The first-order chi connectivity index (χ1) is 10.7. The van der Waals surface area contributed by atoms with Gasteiger partial charge in [0, 0.05) is 16.5 Å². The standard InChI is InChI=1S/C17H14FN3S/c1-12-14(8-5-9-15(12)18)10-19-21-17-20-16(11-22-17)13-6-3-2-4-7-13/h2-11H,1H3,(H,20,21). The summed E-state index contributed by atoms with van der Waals surface area (Å²) in [5.74, 6) is -0.232. The van der Waals surface area contributed by atoms with Crippen molar-refractivity contribution in [3.8, 4) is 11.3 Å². The number of hydrogen-bond donors (Lipinski definition) is 1. The lowest BCUT2D eigenvalue weighted by atomic mass is 10.1. The van der Waals surface area contributed by atoms with Gasteiger partial charge >= 0.3 is 0 Å². The third kappa shape index (κ3) is 3.20. The minimum absolute atomic E-state index is 0.232. The van der Waals surface area contributed by atoms with Crippen LogP contribution >= 0.6 is 11.3 Å². The highest BCUT2D eigenvalue weighted by molar-refractivity contribution is 7.14. The molecule has 2 aromatic carbocycles. The summed E-state index contributed by atoms with van der Waals surface area (Å²) in [6, 6.07) is 14.9. The first-order valence-electron chi connectivity index (χ1n) is 6.79. The van der Waals surface area contributed by atoms with Crippen molar-refractivity contribution >= 4 is 22.7 Å². The molecule has 22 heavy (non-hydrogen) atoms. The van der Waals surface area contributed by atoms with E-state index in [-0.39, 0.29) is 5.82 Å². The van der Waals surface area contributed by atoms with E-state index in [9.17, 15) is 4.39 Å². The summed E-state index contributed by atoms with van der Waals surface area (Å²) in [5, 5.41) is 6.80. The molecule has 0 atom stereocenters. The van der Waals surface area contributed by atoms with Gasteiger partial charge < -0.3 is 0 Å². The van der Waals surface area contributed by atoms with Crippen molar-refractivity contribution < 1.29 is 4.39 Å². The number of hydrazone groups is 1. The minimum atomic E-state index is -0.232. The number of halogens is 1. The molecule has 1 N–H and O–H groups in total. The molecule has 1 heterocycles. The Morgan fingerprint density at radius 1 is 1.14 bits per heavy atom. The van der Waals surface area contributed by atoms with Crippen LogP contribution in [0.2, 0.25) is 0 Å². The fourth-order valence-corrected chi connectivity index (χ4v) is 2.66. The van der Waals surface area contributed by atoms with Gasteiger partial charge in [-0.2, -0.15) is 5.10 Å². The molecule has 5 heteroatoms. The number of anilines is 1. The lowest BCUT2D eigenvalue weighted by Gasteiger charge is -2.00. The number of nitrogens with zero attached hydrogens (tertiary/aromatic N) is 2. The van der Waals surface area contributed by atoms with E-state index in [4.69, 9.17) is 0 Å². The van der Waals surface area contributed by atoms with Gasteiger partial charge in [0.1, 0.15) is 5.82 Å². The third-order valence-electron chi connectivity index (χ3n) is 3.25. The van der Waals surface area contributed by atoms with Crippen LogP contribution < -0.4 is 5.43 Å². The van der Waals surface area contributed by atoms with E-state index in [2.05, 4.69) is 15.5 Å². The molecule has 3 nitrogen and oxygen atoms in total. The molecule has 0 fully saturated rings. The van der Waals surface area contributed by atoms with Gasteiger partial charge in [-0.1, -0.05) is 42.5 Å². The van der Waals surface area contributed by atoms with Crippen molar-refractivity contribution in [2.24, 2.45) is 5.10 Å². The molecule has 0 aliphatic rings. The van der Waals surface area contributed by atoms with Gasteiger partial charge in [-0.3, -0.25) is 5.43 Å². The molecule has 0 saturated heterocycles. The fourth-order valence-electron chi connectivity index (χ4n) is 1.99. The van der Waals surface area contributed by atoms with Crippen LogP contribution in [0.25, 0.3) is 11.3 Å². The summed E-state index contributed by atoms with van der Waals surface area (Å²) in [7, 11) is 0. The van der Waals surface area contributed by atoms with Crippen LogP contribution in [0.5, 0.6) is 0 Å². The average Bonchev–Trinajstić information content (AvgIpc) is 3.01. The summed E-state index contributed by atoms with van der Waals surface area (Å²) in [4.78, 5) is 4.47. The van der Waals surface area contributed by atoms with E-state index in [1.165, 1.54) is 17.4 Å². The predicted octanol–water partition coefficient (Wildman–Crippen LogP) is 4.70. The lowest BCUT2D eigenvalue weighted by Crippen LogP contribution is -1.94. The maximum Gasteiger partial charge on any atom is 0.203 e. The monoisotopic (exact) mass is 311 g/mol. The van der Waals surface area contributed by atoms with E-state index >= 15 is 0 Å². The maximum atomic E-state index is 13.4. The maximum absolute atomic E-state index is 13.4. The van der Waals surface area contributed by atoms with Gasteiger partial charge in [-0.25, -0.2) is 9.37 Å². The Kier molecular flexibility index (Phi) is 4.25. The second kappa shape index (κ2) is 6.49. The smallest absolute Gasteiger partial charge is 0.203 e. The van der Waals surface area contributed by atoms with Crippen molar-refractivity contribution in [1.29, 1.82) is 0 Å². The molecule has 110 valence electrons. The van der Waals surface area contributed by atoms with Crippen molar-refractivity contribution in [3.05, 3.63) is 70.9 Å². The summed E-state index contributed by atoms with van der Waals surface area (Å²) in [5.41, 5.74) is 6.18. The lowest BCUT2D eigenvalue weighted by molar-refractivity contribution is 0.618. The third-order valence-corrected chi connectivity index (χ3v) is 3.99. The summed E-state index contributed by atoms with van der Waals surface area (Å²) in [6.07, 6.45) is 1.60. The Bertz CT molecular complexity index is 797. The SMILES string of the molecule is Cc1c(F)cccc1C=NNc1nc(-c2ccccc2)cs1. The first kappa shape index (κ1) is 14.4. The number of thiazole rings is 1. The topological polar surface area (TPSA) is 37.3 Å². The summed E-state index contributed by atoms with van der Waals surface area (Å²) < 4.78 is 13.4. The van der Waals surface area contributed by atoms with Crippen molar-refractivity contribution in [1.82, 2.24) is 4.98 Å². The van der Waals surface area contributed by atoms with Crippen molar-refractivity contribution in [3.63, 3.8) is 0 Å². The zero-order valence-corrected chi connectivity index (χ0v) is 12.8. The first-order valence-corrected chi connectivity index (χ1v) is 7.67. The largest absolute Gasteiger partial charge is 0.253 e. The zero-order chi connectivity index (χ0) is 15.4. The van der Waals surface area contributed by atoms with Gasteiger partial charge in [0.05, 0.1) is 11.9 Å². The van der Waals surface area contributed by atoms with E-state index in [1.54, 1.807) is 19.2 Å². The normalized spacial score (nSPS) is 11.0. The predicted molar refractivity (Wildman–Crippen MR) is 89.9 cm³/mol. The van der Waals surface area contributed by atoms with Gasteiger partial charge in [0.25, 0.3) is 0 Å². The average molecular weight is 311 g/mol. The van der Waals surface area contributed by atoms with Crippen molar-refractivity contribution in [2.75, 3.05) is 5.43 Å². The van der Waals surface area contributed by atoms with Gasteiger partial charge in [0.15, 0.2) is 0 Å². The van der Waals surface area contributed by atoms with Gasteiger partial charge in [0.2, 0.25) is 5.13 Å². The second-order valence-corrected chi connectivity index (χ2v) is 5.59. The zero-order valence-electron chi connectivity index (χ0n) is 12.0. The van der Waals surface area contributed by atoms with Crippen LogP contribution in [0.15, 0.2) is 59.0 Å². The van der Waals surface area contributed by atoms with Crippen LogP contribution in [-0.4, -0.2) is 11.2 Å². The van der Waals surface area contributed by atoms with Crippen molar-refractivity contribution in [2.45, 2.75) is 6.92 Å². The molecular weight excluding hydrogens is 297 g/mol. The minimum Gasteiger partial charge on any atom is -0.253 e. The molecule has 0 bridgehead atoms. The van der Waals surface area contributed by atoms with E-state index in [0.717, 1.165) is 16.8 Å². The van der Waals surface area contributed by atoms with Crippen LogP contribution in [0.4, 0.5) is 9.52 Å². The van der Waals surface area contributed by atoms with Gasteiger partial charge in [-0.15, -0.1) is 11.3 Å². The van der Waals surface area contributed by atoms with Crippen LogP contribution in [0, 0.1) is 12.7 Å². The number of aromatic nitrogens is 1. The fraction of sp³-hybridized carbons (Fsp3) is 0.0588. The van der Waals surface area contributed by atoms with E-state index < -0.39 is 0 Å². The summed E-state index contributed by atoms with van der Waals surface area (Å²) >= 11 is 1.48.